The summed E-state index contributed by atoms with van der Waals surface area (Å²) in [6.45, 7) is 2.01. The van der Waals surface area contributed by atoms with Crippen LogP contribution in [0.3, 0.4) is 0 Å². The molecule has 0 aliphatic heterocycles. The van der Waals surface area contributed by atoms with Crippen LogP contribution in [-0.4, -0.2) is 24.2 Å². The molecule has 0 saturated heterocycles. The van der Waals surface area contributed by atoms with Gasteiger partial charge in [-0.2, -0.15) is 22.0 Å². The summed E-state index contributed by atoms with van der Waals surface area (Å²) >= 11 is 0. The predicted octanol–water partition coefficient (Wildman–Crippen LogP) is 5.96. The Morgan fingerprint density at radius 2 is 1.60 bits per heavy atom. The second-order valence-corrected chi connectivity index (χ2v) is 5.86. The Bertz CT molecular complexity index is 514. The molecule has 1 aromatic carbocycles. The van der Waals surface area contributed by atoms with Crippen LogP contribution < -0.4 is 0 Å². The smallest absolute Gasteiger partial charge is 0.452 e. The number of hydrogen-bond acceptors (Lipinski definition) is 2. The molecule has 0 spiro atoms. The van der Waals surface area contributed by atoms with Crippen molar-refractivity contribution in [1.82, 2.24) is 0 Å². The summed E-state index contributed by atoms with van der Waals surface area (Å²) in [5.74, 6) is -6.29. The van der Waals surface area contributed by atoms with Crippen molar-refractivity contribution in [3.05, 3.63) is 35.9 Å². The zero-order chi connectivity index (χ0) is 18.9. The van der Waals surface area contributed by atoms with Crippen LogP contribution in [0.4, 0.5) is 22.0 Å². The van der Waals surface area contributed by atoms with E-state index in [0.717, 1.165) is 25.7 Å². The van der Waals surface area contributed by atoms with Crippen molar-refractivity contribution in [2.75, 3.05) is 0 Å². The van der Waals surface area contributed by atoms with E-state index in [9.17, 15) is 26.7 Å². The fraction of sp³-hybridized carbons (Fsp3) is 0.611. The van der Waals surface area contributed by atoms with Gasteiger partial charge in [0.05, 0.1) is 5.56 Å². The molecule has 0 bridgehead atoms. The highest BCUT2D eigenvalue weighted by molar-refractivity contribution is 5.89. The Hall–Kier alpha value is -1.66. The van der Waals surface area contributed by atoms with Gasteiger partial charge >= 0.3 is 18.1 Å². The lowest BCUT2D eigenvalue weighted by Crippen LogP contribution is -2.49. The van der Waals surface area contributed by atoms with Crippen molar-refractivity contribution in [2.24, 2.45) is 0 Å². The molecule has 0 aromatic heterocycles. The van der Waals surface area contributed by atoms with Crippen molar-refractivity contribution < 1.29 is 31.5 Å². The summed E-state index contributed by atoms with van der Waals surface area (Å²) in [7, 11) is 0. The molecular weight excluding hydrogens is 343 g/mol. The molecule has 0 saturated carbocycles. The average molecular weight is 365 g/mol. The lowest BCUT2D eigenvalue weighted by atomic mass is 10.0. The molecule has 0 fully saturated rings. The summed E-state index contributed by atoms with van der Waals surface area (Å²) in [5, 5.41) is 0. The predicted molar refractivity (Wildman–Crippen MR) is 83.5 cm³/mol. The Balaban J connectivity index is 2.73. The molecule has 1 atom stereocenters. The van der Waals surface area contributed by atoms with E-state index in [-0.39, 0.29) is 12.0 Å². The van der Waals surface area contributed by atoms with E-state index in [1.165, 1.54) is 24.3 Å². The maximum atomic E-state index is 13.7. The van der Waals surface area contributed by atoms with Gasteiger partial charge in [-0.05, 0) is 31.0 Å². The van der Waals surface area contributed by atoms with Crippen LogP contribution in [-0.2, 0) is 4.74 Å². The number of ether oxygens (including phenoxy) is 1. The van der Waals surface area contributed by atoms with Crippen LogP contribution in [0, 0.1) is 6.07 Å². The van der Waals surface area contributed by atoms with Gasteiger partial charge in [-0.3, -0.25) is 0 Å². The number of rotatable bonds is 10. The third-order valence-electron chi connectivity index (χ3n) is 3.81. The monoisotopic (exact) mass is 365 g/mol. The van der Waals surface area contributed by atoms with E-state index in [4.69, 9.17) is 0 Å². The highest BCUT2D eigenvalue weighted by Gasteiger charge is 2.63. The van der Waals surface area contributed by atoms with Gasteiger partial charge < -0.3 is 4.74 Å². The normalized spacial score (nSPS) is 13.5. The minimum atomic E-state index is -5.77. The Kier molecular flexibility index (Phi) is 8.32. The zero-order valence-corrected chi connectivity index (χ0v) is 14.0. The molecule has 0 aliphatic carbocycles. The molecule has 1 aromatic rings. The van der Waals surface area contributed by atoms with Crippen molar-refractivity contribution >= 4 is 5.97 Å². The van der Waals surface area contributed by atoms with Crippen LogP contribution in [0.2, 0.25) is 0 Å². The maximum absolute atomic E-state index is 13.7. The van der Waals surface area contributed by atoms with E-state index >= 15 is 0 Å². The van der Waals surface area contributed by atoms with Gasteiger partial charge in [-0.15, -0.1) is 0 Å². The number of carbonyl (C=O) groups is 1. The molecule has 0 N–H and O–H groups in total. The SMILES string of the molecule is CCCCCCCCC(OC(=O)c1cc[c]cc1)C(F)(F)C(F)(F)F. The number of benzene rings is 1. The van der Waals surface area contributed by atoms with Crippen molar-refractivity contribution in [3.8, 4) is 0 Å². The Morgan fingerprint density at radius 3 is 2.16 bits per heavy atom. The lowest BCUT2D eigenvalue weighted by Gasteiger charge is -2.28. The van der Waals surface area contributed by atoms with E-state index in [0.29, 0.717) is 6.42 Å². The number of alkyl halides is 5. The highest BCUT2D eigenvalue weighted by atomic mass is 19.4. The summed E-state index contributed by atoms with van der Waals surface area (Å²) in [5.41, 5.74) is -0.0929. The highest BCUT2D eigenvalue weighted by Crippen LogP contribution is 2.41. The van der Waals surface area contributed by atoms with Gasteiger partial charge in [-0.1, -0.05) is 51.2 Å². The van der Waals surface area contributed by atoms with Crippen LogP contribution in [0.15, 0.2) is 24.3 Å². The summed E-state index contributed by atoms with van der Waals surface area (Å²) in [4.78, 5) is 11.9. The first-order valence-electron chi connectivity index (χ1n) is 8.31. The molecule has 2 nitrogen and oxygen atoms in total. The minimum absolute atomic E-state index is 0.0929. The molecule has 1 unspecified atom stereocenters. The topological polar surface area (TPSA) is 26.3 Å². The van der Waals surface area contributed by atoms with E-state index in [1.54, 1.807) is 0 Å². The van der Waals surface area contributed by atoms with Crippen molar-refractivity contribution in [3.63, 3.8) is 0 Å². The standard InChI is InChI=1S/C18H22F5O2/c1-2-3-4-5-6-10-13-15(17(19,20)18(21,22)23)25-16(24)14-11-8-7-9-12-14/h8-9,11-12,15H,2-6,10,13H2,1H3. The number of hydrogen-bond donors (Lipinski definition) is 0. The van der Waals surface area contributed by atoms with E-state index < -0.39 is 30.6 Å². The quantitative estimate of drug-likeness (QED) is 0.290. The summed E-state index contributed by atoms with van der Waals surface area (Å²) in [6.07, 6.45) is -4.55. The lowest BCUT2D eigenvalue weighted by molar-refractivity contribution is -0.312. The van der Waals surface area contributed by atoms with Crippen molar-refractivity contribution in [1.29, 1.82) is 0 Å². The molecular formula is C18H22F5O2. The Labute approximate surface area is 144 Å². The van der Waals surface area contributed by atoms with E-state index in [1.807, 2.05) is 6.92 Å². The van der Waals surface area contributed by atoms with Gasteiger partial charge in [0.25, 0.3) is 0 Å². The number of esters is 1. The summed E-state index contributed by atoms with van der Waals surface area (Å²) < 4.78 is 69.9. The molecule has 141 valence electrons. The van der Waals surface area contributed by atoms with Gasteiger partial charge in [0, 0.05) is 0 Å². The van der Waals surface area contributed by atoms with Gasteiger partial charge in [0.15, 0.2) is 6.10 Å². The Morgan fingerprint density at radius 1 is 1.04 bits per heavy atom. The largest absolute Gasteiger partial charge is 0.457 e. The van der Waals surface area contributed by atoms with Crippen LogP contribution in [0.25, 0.3) is 0 Å². The fourth-order valence-corrected chi connectivity index (χ4v) is 2.33. The fourth-order valence-electron chi connectivity index (χ4n) is 2.33. The molecule has 0 amide bonds. The minimum Gasteiger partial charge on any atom is -0.452 e. The van der Waals surface area contributed by atoms with Crippen molar-refractivity contribution in [2.45, 2.75) is 70.1 Å². The van der Waals surface area contributed by atoms with E-state index in [2.05, 4.69) is 10.8 Å². The number of carbonyl (C=O) groups excluding carboxylic acids is 1. The molecule has 1 rings (SSSR count). The maximum Gasteiger partial charge on any atom is 0.457 e. The third kappa shape index (κ3) is 6.63. The number of halogens is 5. The second kappa shape index (κ2) is 9.73. The first-order chi connectivity index (χ1) is 11.7. The molecule has 1 radical (unpaired) electrons. The first-order valence-corrected chi connectivity index (χ1v) is 8.31. The zero-order valence-electron chi connectivity index (χ0n) is 14.0. The van der Waals surface area contributed by atoms with Gasteiger partial charge in [0.1, 0.15) is 0 Å². The molecule has 25 heavy (non-hydrogen) atoms. The second-order valence-electron chi connectivity index (χ2n) is 5.86. The average Bonchev–Trinajstić information content (AvgIpc) is 2.56. The van der Waals surface area contributed by atoms with Crippen LogP contribution in [0.1, 0.15) is 62.2 Å². The van der Waals surface area contributed by atoms with Gasteiger partial charge in [-0.25, -0.2) is 4.79 Å². The molecule has 0 heterocycles. The molecule has 7 heteroatoms. The molecule has 0 aliphatic rings. The van der Waals surface area contributed by atoms with Crippen LogP contribution in [0.5, 0.6) is 0 Å². The number of unbranched alkanes of at least 4 members (excludes halogenated alkanes) is 5. The third-order valence-corrected chi connectivity index (χ3v) is 3.81. The summed E-state index contributed by atoms with van der Waals surface area (Å²) in [6, 6.07) is 7.81. The first kappa shape index (κ1) is 21.4. The van der Waals surface area contributed by atoms with Crippen LogP contribution >= 0.6 is 0 Å². The van der Waals surface area contributed by atoms with Gasteiger partial charge in [0.2, 0.25) is 0 Å².